The fourth-order valence-electron chi connectivity index (χ4n) is 1.89. The predicted molar refractivity (Wildman–Crippen MR) is 92.4 cm³/mol. The van der Waals surface area contributed by atoms with Crippen LogP contribution in [0.15, 0.2) is 35.7 Å². The third-order valence-corrected chi connectivity index (χ3v) is 5.07. The molecule has 2 aromatic rings. The molecular weight excluding hydrogens is 318 g/mol. The number of methoxy groups -OCH3 is 2. The van der Waals surface area contributed by atoms with Crippen molar-refractivity contribution < 1.29 is 14.3 Å². The smallest absolute Gasteiger partial charge is 0.255 e. The van der Waals surface area contributed by atoms with E-state index in [1.54, 1.807) is 55.5 Å². The fourth-order valence-corrected chi connectivity index (χ4v) is 3.59. The van der Waals surface area contributed by atoms with E-state index in [0.717, 1.165) is 11.5 Å². The van der Waals surface area contributed by atoms with E-state index >= 15 is 0 Å². The van der Waals surface area contributed by atoms with E-state index in [0.29, 0.717) is 23.6 Å². The molecule has 0 radical (unpaired) electrons. The molecule has 0 aliphatic heterocycles. The molecule has 0 bridgehead atoms. The molecule has 0 unspecified atom stereocenters. The van der Waals surface area contributed by atoms with Crippen molar-refractivity contribution in [2.45, 2.75) is 5.75 Å². The van der Waals surface area contributed by atoms with Crippen LogP contribution < -0.4 is 14.8 Å². The van der Waals surface area contributed by atoms with E-state index < -0.39 is 0 Å². The first-order chi connectivity index (χ1) is 10.7. The van der Waals surface area contributed by atoms with E-state index in [2.05, 4.69) is 22.8 Å². The lowest BCUT2D eigenvalue weighted by atomic mass is 10.1. The van der Waals surface area contributed by atoms with E-state index in [-0.39, 0.29) is 5.91 Å². The summed E-state index contributed by atoms with van der Waals surface area (Å²) in [6, 6.07) is 9.37. The zero-order chi connectivity index (χ0) is 15.8. The van der Waals surface area contributed by atoms with Gasteiger partial charge in [0.25, 0.3) is 5.91 Å². The van der Waals surface area contributed by atoms with E-state index in [1.165, 1.54) is 4.88 Å². The molecule has 0 aliphatic rings. The molecule has 118 valence electrons. The second-order valence-corrected chi connectivity index (χ2v) is 6.59. The number of amides is 1. The number of carbonyl (C=O) groups is 1. The molecular formula is C16H19NO3S2. The Hall–Kier alpha value is -1.66. The molecule has 0 aliphatic carbocycles. The molecule has 0 spiro atoms. The lowest BCUT2D eigenvalue weighted by Gasteiger charge is -2.10. The van der Waals surface area contributed by atoms with Crippen LogP contribution >= 0.6 is 23.1 Å². The van der Waals surface area contributed by atoms with Gasteiger partial charge >= 0.3 is 0 Å². The highest BCUT2D eigenvalue weighted by molar-refractivity contribution is 7.98. The van der Waals surface area contributed by atoms with Gasteiger partial charge in [0.15, 0.2) is 0 Å². The number of benzene rings is 1. The van der Waals surface area contributed by atoms with Crippen molar-refractivity contribution in [1.82, 2.24) is 5.32 Å². The molecule has 4 nitrogen and oxygen atoms in total. The van der Waals surface area contributed by atoms with Crippen molar-refractivity contribution in [3.05, 3.63) is 46.2 Å². The monoisotopic (exact) mass is 337 g/mol. The number of rotatable bonds is 8. The predicted octanol–water partition coefficient (Wildman–Crippen LogP) is 3.43. The average Bonchev–Trinajstić information content (AvgIpc) is 3.07. The Morgan fingerprint density at radius 2 is 2.14 bits per heavy atom. The van der Waals surface area contributed by atoms with Gasteiger partial charge in [0, 0.05) is 22.9 Å². The maximum Gasteiger partial charge on any atom is 0.255 e. The Balaban J connectivity index is 1.81. The Labute approximate surface area is 138 Å². The van der Waals surface area contributed by atoms with Crippen LogP contribution in [0.4, 0.5) is 0 Å². The molecule has 22 heavy (non-hydrogen) atoms. The summed E-state index contributed by atoms with van der Waals surface area (Å²) in [4.78, 5) is 13.6. The van der Waals surface area contributed by atoms with Gasteiger partial charge in [0.05, 0.1) is 19.8 Å². The molecule has 1 amide bonds. The summed E-state index contributed by atoms with van der Waals surface area (Å²) in [5, 5.41) is 4.99. The van der Waals surface area contributed by atoms with Gasteiger partial charge in [-0.05, 0) is 29.6 Å². The zero-order valence-corrected chi connectivity index (χ0v) is 14.3. The van der Waals surface area contributed by atoms with Crippen molar-refractivity contribution in [3.63, 3.8) is 0 Å². The molecule has 0 fully saturated rings. The number of hydrogen-bond donors (Lipinski definition) is 1. The van der Waals surface area contributed by atoms with E-state index in [1.807, 2.05) is 0 Å². The minimum absolute atomic E-state index is 0.146. The first kappa shape index (κ1) is 16.7. The third kappa shape index (κ3) is 4.68. The summed E-state index contributed by atoms with van der Waals surface area (Å²) < 4.78 is 10.4. The number of thioether (sulfide) groups is 1. The summed E-state index contributed by atoms with van der Waals surface area (Å²) >= 11 is 3.56. The molecule has 1 aromatic heterocycles. The Kier molecular flexibility index (Phi) is 6.61. The first-order valence-electron chi connectivity index (χ1n) is 6.85. The minimum atomic E-state index is -0.146. The van der Waals surface area contributed by atoms with Crippen LogP contribution in [0.25, 0.3) is 0 Å². The summed E-state index contributed by atoms with van der Waals surface area (Å²) in [5.41, 5.74) is 0.491. The molecule has 1 heterocycles. The lowest BCUT2D eigenvalue weighted by molar-refractivity contribution is 0.0953. The summed E-state index contributed by atoms with van der Waals surface area (Å²) in [7, 11) is 3.13. The highest BCUT2D eigenvalue weighted by atomic mass is 32.2. The molecule has 6 heteroatoms. The van der Waals surface area contributed by atoms with Gasteiger partial charge in [-0.25, -0.2) is 0 Å². The molecule has 2 rings (SSSR count). The van der Waals surface area contributed by atoms with Crippen LogP contribution in [-0.2, 0) is 5.75 Å². The van der Waals surface area contributed by atoms with Gasteiger partial charge in [0.1, 0.15) is 11.5 Å². The van der Waals surface area contributed by atoms with Crippen LogP contribution in [-0.4, -0.2) is 32.4 Å². The van der Waals surface area contributed by atoms with Gasteiger partial charge < -0.3 is 14.8 Å². The maximum absolute atomic E-state index is 12.2. The number of hydrogen-bond acceptors (Lipinski definition) is 5. The highest BCUT2D eigenvalue weighted by Crippen LogP contribution is 2.23. The second-order valence-electron chi connectivity index (χ2n) is 4.45. The Morgan fingerprint density at radius 1 is 1.27 bits per heavy atom. The van der Waals surface area contributed by atoms with Crippen LogP contribution in [0.1, 0.15) is 15.2 Å². The van der Waals surface area contributed by atoms with Crippen molar-refractivity contribution in [2.24, 2.45) is 0 Å². The number of ether oxygens (including phenoxy) is 2. The topological polar surface area (TPSA) is 47.6 Å². The summed E-state index contributed by atoms with van der Waals surface area (Å²) in [6.07, 6.45) is 0. The Morgan fingerprint density at radius 3 is 2.82 bits per heavy atom. The van der Waals surface area contributed by atoms with Crippen molar-refractivity contribution >= 4 is 29.0 Å². The summed E-state index contributed by atoms with van der Waals surface area (Å²) in [6.45, 7) is 0.620. The van der Waals surface area contributed by atoms with Gasteiger partial charge in [0.2, 0.25) is 0 Å². The van der Waals surface area contributed by atoms with Gasteiger partial charge in [-0.3, -0.25) is 4.79 Å². The second kappa shape index (κ2) is 8.70. The van der Waals surface area contributed by atoms with Crippen LogP contribution in [0.5, 0.6) is 11.5 Å². The lowest BCUT2D eigenvalue weighted by Crippen LogP contribution is -2.26. The normalized spacial score (nSPS) is 10.3. The molecule has 1 aromatic carbocycles. The van der Waals surface area contributed by atoms with Crippen molar-refractivity contribution in [2.75, 3.05) is 26.5 Å². The van der Waals surface area contributed by atoms with Crippen LogP contribution in [0, 0.1) is 0 Å². The van der Waals surface area contributed by atoms with E-state index in [4.69, 9.17) is 9.47 Å². The molecule has 1 N–H and O–H groups in total. The highest BCUT2D eigenvalue weighted by Gasteiger charge is 2.13. The molecule has 0 saturated carbocycles. The van der Waals surface area contributed by atoms with E-state index in [9.17, 15) is 4.79 Å². The zero-order valence-electron chi connectivity index (χ0n) is 12.6. The maximum atomic E-state index is 12.2. The number of thiophene rings is 1. The summed E-state index contributed by atoms with van der Waals surface area (Å²) in [5.74, 6) is 2.89. The number of carbonyl (C=O) groups excluding carboxylic acids is 1. The SMILES string of the molecule is COc1ccc(OC)c(C(=O)NCCSCc2cccs2)c1. The molecule has 0 saturated heterocycles. The minimum Gasteiger partial charge on any atom is -0.497 e. The fraction of sp³-hybridized carbons (Fsp3) is 0.312. The van der Waals surface area contributed by atoms with Crippen LogP contribution in [0.2, 0.25) is 0 Å². The van der Waals surface area contributed by atoms with Gasteiger partial charge in [-0.1, -0.05) is 6.07 Å². The standard InChI is InChI=1S/C16H19NO3S2/c1-19-12-5-6-15(20-2)14(10-12)16(18)17-7-9-21-11-13-4-3-8-22-13/h3-6,8,10H,7,9,11H2,1-2H3,(H,17,18). The van der Waals surface area contributed by atoms with Gasteiger partial charge in [-0.15, -0.1) is 11.3 Å². The first-order valence-corrected chi connectivity index (χ1v) is 8.88. The largest absolute Gasteiger partial charge is 0.497 e. The van der Waals surface area contributed by atoms with Crippen molar-refractivity contribution in [1.29, 1.82) is 0 Å². The van der Waals surface area contributed by atoms with Crippen LogP contribution in [0.3, 0.4) is 0 Å². The van der Waals surface area contributed by atoms with Gasteiger partial charge in [-0.2, -0.15) is 11.8 Å². The average molecular weight is 337 g/mol. The Bertz CT molecular complexity index is 599. The number of nitrogens with one attached hydrogen (secondary N) is 1. The quantitative estimate of drug-likeness (QED) is 0.750. The third-order valence-electron chi connectivity index (χ3n) is 3.01. The molecule has 0 atom stereocenters. The van der Waals surface area contributed by atoms with Crippen molar-refractivity contribution in [3.8, 4) is 11.5 Å².